The Hall–Kier alpha value is -7.18. The summed E-state index contributed by atoms with van der Waals surface area (Å²) < 4.78 is 9.61. The molecule has 0 saturated carbocycles. The molecule has 0 aromatic heterocycles. The zero-order chi connectivity index (χ0) is 58.4. The fourth-order valence-electron chi connectivity index (χ4n) is 12.5. The molecule has 0 radical (unpaired) electrons. The SMILES string of the molecule is CN(C)c1ccc2[c](c1)[Ge]([CH3])([CH3])[C]1=CC([NH+](C)C)C=CC1=C2c1ccccc1.CN(C)c1ccc2c(c1)OC1=CC([NH+](C)C)C=CC1=C2c1ccccc1.CN(C)c1ccc2c(c1)[Si](C)(C)C1=CC([NH+](C)C)C=CC1=C2c1ccccc1. The zero-order valence-corrected chi connectivity index (χ0v) is 54.6. The summed E-state index contributed by atoms with van der Waals surface area (Å²) in [6.45, 7) is 5.03. The predicted molar refractivity (Wildman–Crippen MR) is 356 cm³/mol. The molecular weight excluding hydrogens is 1080 g/mol. The van der Waals surface area contributed by atoms with Gasteiger partial charge < -0.3 is 24.3 Å². The topological polar surface area (TPSA) is 32.3 Å². The maximum absolute atomic E-state index is 6.37. The number of nitrogens with one attached hydrogen (secondary N) is 3. The van der Waals surface area contributed by atoms with E-state index in [2.05, 4.69) is 324 Å². The Morgan fingerprint density at radius 1 is 0.439 bits per heavy atom. The van der Waals surface area contributed by atoms with Crippen molar-refractivity contribution in [3.8, 4) is 5.75 Å². The van der Waals surface area contributed by atoms with Gasteiger partial charge in [-0.3, -0.25) is 0 Å². The average molecular weight is 1170 g/mol. The van der Waals surface area contributed by atoms with Gasteiger partial charge in [-0.15, -0.1) is 0 Å². The summed E-state index contributed by atoms with van der Waals surface area (Å²) in [7, 11) is 24.2. The van der Waals surface area contributed by atoms with E-state index in [4.69, 9.17) is 4.74 Å². The monoisotopic (exact) mass is 1170 g/mol. The first-order valence-electron chi connectivity index (χ1n) is 29.3. The summed E-state index contributed by atoms with van der Waals surface area (Å²) in [6, 6.07) is 54.3. The van der Waals surface area contributed by atoms with E-state index in [0.717, 1.165) is 22.8 Å². The van der Waals surface area contributed by atoms with E-state index in [1.807, 2.05) is 0 Å². The van der Waals surface area contributed by atoms with Gasteiger partial charge >= 0.3 is 172 Å². The fourth-order valence-corrected chi connectivity index (χ4v) is 22.3. The summed E-state index contributed by atoms with van der Waals surface area (Å²) >= 11 is -2.42. The Morgan fingerprint density at radius 2 is 0.854 bits per heavy atom. The molecule has 3 N–H and O–H groups in total. The van der Waals surface area contributed by atoms with E-state index >= 15 is 0 Å². The number of anilines is 3. The van der Waals surface area contributed by atoms with E-state index in [-0.39, 0.29) is 0 Å². The van der Waals surface area contributed by atoms with Crippen molar-refractivity contribution in [1.29, 1.82) is 0 Å². The number of hydrogen-bond donors (Lipinski definition) is 3. The van der Waals surface area contributed by atoms with Crippen LogP contribution in [0.15, 0.2) is 232 Å². The molecule has 0 fully saturated rings. The maximum Gasteiger partial charge on any atom is 0.137 e. The van der Waals surface area contributed by atoms with Gasteiger partial charge in [-0.05, 0) is 86.8 Å². The molecule has 82 heavy (non-hydrogen) atoms. The number of likely N-dealkylation sites (N-methyl/N-ethyl adjacent to an activating group) is 3. The van der Waals surface area contributed by atoms with Gasteiger partial charge in [0, 0.05) is 68.4 Å². The van der Waals surface area contributed by atoms with Crippen LogP contribution in [0.1, 0.15) is 33.4 Å². The van der Waals surface area contributed by atoms with Crippen molar-refractivity contribution in [3.05, 3.63) is 266 Å². The summed E-state index contributed by atoms with van der Waals surface area (Å²) in [6.07, 6.45) is 21.4. The first-order valence-corrected chi connectivity index (χ1v) is 38.6. The first kappa shape index (κ1) is 58.0. The number of benzene rings is 6. The second-order valence-electron chi connectivity index (χ2n) is 25.2. The molecule has 3 unspecified atom stereocenters. The van der Waals surface area contributed by atoms with Gasteiger partial charge in [-0.1, -0.05) is 85.9 Å². The molecule has 3 heterocycles. The molecule has 3 aliphatic heterocycles. The van der Waals surface area contributed by atoms with Crippen LogP contribution < -0.4 is 43.7 Å². The fraction of sp³-hybridized carbons (Fsp3) is 0.260. The molecule has 6 aromatic rings. The van der Waals surface area contributed by atoms with Crippen LogP contribution in [-0.2, 0) is 0 Å². The van der Waals surface area contributed by atoms with Gasteiger partial charge in [0.15, 0.2) is 0 Å². The Labute approximate surface area is 494 Å². The molecule has 0 saturated heterocycles. The van der Waals surface area contributed by atoms with Crippen LogP contribution in [0.5, 0.6) is 5.75 Å². The first-order chi connectivity index (χ1) is 39.1. The predicted octanol–water partition coefficient (Wildman–Crippen LogP) is 8.98. The molecule has 7 nitrogen and oxygen atoms in total. The number of nitrogens with zero attached hydrogens (tertiary/aromatic N) is 3. The molecule has 420 valence electrons. The smallest absolute Gasteiger partial charge is 0.137 e. The minimum atomic E-state index is -2.42. The zero-order valence-electron chi connectivity index (χ0n) is 51.5. The molecule has 6 aliphatic rings. The van der Waals surface area contributed by atoms with Gasteiger partial charge in [0.2, 0.25) is 0 Å². The molecule has 3 atom stereocenters. The molecule has 0 spiro atoms. The quantitative estimate of drug-likeness (QED) is 0.126. The standard InChI is InChI=1S/C25H30GeN2.C25H30N2Si.C23H24N2O/c1-26(2)23-16-19(27(3)4)12-14-21(23)25(18-10-8-7-9-11-18)22-15-13-20(28(5)6)17-24(22)26;1-26(2)19-12-14-21-23(16-19)28(5,6)24-17-20(27(3)4)13-15-22(24)25(21)18-10-8-7-9-11-18;1-24(2)17-10-12-19-21(14-17)26-22-15-18(25(3)4)11-13-20(22)23(19)16-8-6-5-7-9-16/h2*7-17,19H,1-6H3;5-15,17H,1-4H3/p+3. The van der Waals surface area contributed by atoms with Crippen molar-refractivity contribution >= 4 is 64.7 Å². The number of ether oxygens (including phenoxy) is 1. The number of hydrogen-bond acceptors (Lipinski definition) is 4. The molecule has 6 aromatic carbocycles. The number of allylic oxidation sites excluding steroid dienone is 7. The van der Waals surface area contributed by atoms with E-state index in [1.54, 1.807) is 19.2 Å². The van der Waals surface area contributed by atoms with Crippen LogP contribution in [0.2, 0.25) is 24.6 Å². The summed E-state index contributed by atoms with van der Waals surface area (Å²) in [4.78, 5) is 10.8. The third kappa shape index (κ3) is 11.2. The van der Waals surface area contributed by atoms with Crippen LogP contribution in [0, 0.1) is 0 Å². The second kappa shape index (κ2) is 23.6. The van der Waals surface area contributed by atoms with Crippen molar-refractivity contribution in [1.82, 2.24) is 0 Å². The van der Waals surface area contributed by atoms with Crippen molar-refractivity contribution in [2.45, 2.75) is 42.7 Å². The minimum absolute atomic E-state index is 0.323. The van der Waals surface area contributed by atoms with Crippen LogP contribution >= 0.6 is 0 Å². The molecule has 0 bridgehead atoms. The Morgan fingerprint density at radius 3 is 1.37 bits per heavy atom. The van der Waals surface area contributed by atoms with E-state index in [0.29, 0.717) is 18.1 Å². The van der Waals surface area contributed by atoms with Crippen molar-refractivity contribution in [2.24, 2.45) is 0 Å². The maximum atomic E-state index is 6.37. The van der Waals surface area contributed by atoms with Gasteiger partial charge in [0.05, 0.1) is 28.2 Å². The van der Waals surface area contributed by atoms with Gasteiger partial charge in [-0.25, -0.2) is 0 Å². The Balaban J connectivity index is 0.000000138. The van der Waals surface area contributed by atoms with Crippen molar-refractivity contribution in [3.63, 3.8) is 0 Å². The van der Waals surface area contributed by atoms with Gasteiger partial charge in [0.25, 0.3) is 0 Å². The van der Waals surface area contributed by atoms with Crippen LogP contribution in [-0.4, -0.2) is 124 Å². The number of quaternary nitrogens is 3. The number of fused-ring (bicyclic) bond motifs is 6. The average Bonchev–Trinajstić information content (AvgIpc) is 3.56. The molecule has 9 heteroatoms. The molecule has 3 aliphatic carbocycles. The molecule has 12 rings (SSSR count). The summed E-state index contributed by atoms with van der Waals surface area (Å²) in [5, 5.41) is 3.14. The molecular formula is C73H87GeN6OSi+3. The Kier molecular flexibility index (Phi) is 16.7. The minimum Gasteiger partial charge on any atom is -0.456 e. The third-order valence-corrected chi connectivity index (χ3v) is 28.5. The van der Waals surface area contributed by atoms with E-state index < -0.39 is 21.3 Å². The van der Waals surface area contributed by atoms with Crippen molar-refractivity contribution in [2.75, 3.05) is 99.3 Å². The summed E-state index contributed by atoms with van der Waals surface area (Å²) in [5.41, 5.74) is 19.7. The molecule has 0 amide bonds. The van der Waals surface area contributed by atoms with Gasteiger partial charge in [-0.2, -0.15) is 0 Å². The third-order valence-electron chi connectivity index (χ3n) is 17.5. The normalized spacial score (nSPS) is 19.4. The second-order valence-corrected chi connectivity index (χ2v) is 38.6. The largest absolute Gasteiger partial charge is 0.456 e. The van der Waals surface area contributed by atoms with Crippen LogP contribution in [0.3, 0.4) is 0 Å². The van der Waals surface area contributed by atoms with E-state index in [9.17, 15) is 0 Å². The summed E-state index contributed by atoms with van der Waals surface area (Å²) in [5.74, 6) is 7.01. The number of rotatable bonds is 9. The van der Waals surface area contributed by atoms with E-state index in [1.165, 1.54) is 87.3 Å². The van der Waals surface area contributed by atoms with Crippen LogP contribution in [0.4, 0.5) is 17.1 Å². The van der Waals surface area contributed by atoms with Crippen molar-refractivity contribution < 1.29 is 19.4 Å². The van der Waals surface area contributed by atoms with Gasteiger partial charge in [0.1, 0.15) is 31.7 Å². The van der Waals surface area contributed by atoms with Crippen LogP contribution in [0.25, 0.3) is 16.7 Å². The Bertz CT molecular complexity index is 3520.